The van der Waals surface area contributed by atoms with Gasteiger partial charge >= 0.3 is 0 Å². The van der Waals surface area contributed by atoms with Gasteiger partial charge in [0, 0.05) is 42.6 Å². The number of hydrogen-bond acceptors (Lipinski definition) is 5. The zero-order valence-electron chi connectivity index (χ0n) is 18.8. The van der Waals surface area contributed by atoms with Crippen molar-refractivity contribution < 1.29 is 14.3 Å². The number of nitrogens with one attached hydrogen (secondary N) is 2. The van der Waals surface area contributed by atoms with Gasteiger partial charge in [-0.1, -0.05) is 24.3 Å². The Morgan fingerprint density at radius 1 is 0.909 bits per heavy atom. The van der Waals surface area contributed by atoms with Gasteiger partial charge in [-0.15, -0.1) is 0 Å². The third-order valence-electron chi connectivity index (χ3n) is 5.45. The first-order chi connectivity index (χ1) is 16.0. The van der Waals surface area contributed by atoms with E-state index in [1.807, 2.05) is 30.3 Å². The molecular formula is C26H28N4O3. The van der Waals surface area contributed by atoms with Crippen LogP contribution < -0.4 is 15.5 Å². The van der Waals surface area contributed by atoms with Crippen LogP contribution in [0.1, 0.15) is 40.1 Å². The van der Waals surface area contributed by atoms with Crippen molar-refractivity contribution in [3.8, 4) is 0 Å². The predicted octanol–water partition coefficient (Wildman–Crippen LogP) is 3.88. The number of carbonyl (C=O) groups excluding carboxylic acids is 2. The van der Waals surface area contributed by atoms with Gasteiger partial charge in [0.05, 0.1) is 12.2 Å². The van der Waals surface area contributed by atoms with Crippen molar-refractivity contribution in [3.63, 3.8) is 0 Å². The highest BCUT2D eigenvalue weighted by atomic mass is 16.5. The average Bonchev–Trinajstić information content (AvgIpc) is 2.83. The SMILES string of the molecule is CC1CN(c2ccc(CNC(=O)c3ccc(NC(=O)c4ccccc4)cc3)cn2)CC(C)O1. The Labute approximate surface area is 193 Å². The molecule has 170 valence electrons. The van der Waals surface area contributed by atoms with Crippen molar-refractivity contribution in [2.75, 3.05) is 23.3 Å². The van der Waals surface area contributed by atoms with Gasteiger partial charge in [0.1, 0.15) is 5.82 Å². The third kappa shape index (κ3) is 5.96. The van der Waals surface area contributed by atoms with Crippen LogP contribution in [0.3, 0.4) is 0 Å². The lowest BCUT2D eigenvalue weighted by molar-refractivity contribution is -0.00546. The topological polar surface area (TPSA) is 83.6 Å². The first-order valence-corrected chi connectivity index (χ1v) is 11.1. The van der Waals surface area contributed by atoms with Gasteiger partial charge in [-0.05, 0) is 61.9 Å². The van der Waals surface area contributed by atoms with Crippen LogP contribution in [0.5, 0.6) is 0 Å². The summed E-state index contributed by atoms with van der Waals surface area (Å²) in [6.07, 6.45) is 2.14. The molecule has 1 fully saturated rings. The van der Waals surface area contributed by atoms with Crippen LogP contribution in [0.4, 0.5) is 11.5 Å². The minimum absolute atomic E-state index is 0.174. The van der Waals surface area contributed by atoms with E-state index in [1.165, 1.54) is 0 Å². The maximum atomic E-state index is 12.5. The Hall–Kier alpha value is -3.71. The monoisotopic (exact) mass is 444 g/mol. The molecule has 1 aromatic heterocycles. The molecule has 2 atom stereocenters. The number of pyridine rings is 1. The number of rotatable bonds is 6. The van der Waals surface area contributed by atoms with E-state index >= 15 is 0 Å². The van der Waals surface area contributed by atoms with Gasteiger partial charge in [0.15, 0.2) is 0 Å². The second kappa shape index (κ2) is 10.3. The summed E-state index contributed by atoms with van der Waals surface area (Å²) in [5.41, 5.74) is 2.66. The normalized spacial score (nSPS) is 17.9. The van der Waals surface area contributed by atoms with Gasteiger partial charge < -0.3 is 20.3 Å². The molecule has 33 heavy (non-hydrogen) atoms. The highest BCUT2D eigenvalue weighted by Gasteiger charge is 2.23. The Morgan fingerprint density at radius 2 is 1.58 bits per heavy atom. The second-order valence-electron chi connectivity index (χ2n) is 8.27. The number of morpholine rings is 1. The van der Waals surface area contributed by atoms with E-state index in [9.17, 15) is 9.59 Å². The van der Waals surface area contributed by atoms with Gasteiger partial charge in [-0.3, -0.25) is 9.59 Å². The molecule has 7 heteroatoms. The van der Waals surface area contributed by atoms with Crippen molar-refractivity contribution in [1.82, 2.24) is 10.3 Å². The molecule has 0 aliphatic carbocycles. The quantitative estimate of drug-likeness (QED) is 0.603. The summed E-state index contributed by atoms with van der Waals surface area (Å²) < 4.78 is 5.78. The van der Waals surface area contributed by atoms with E-state index in [2.05, 4.69) is 34.4 Å². The Kier molecular flexibility index (Phi) is 7.00. The van der Waals surface area contributed by atoms with Crippen LogP contribution in [0.15, 0.2) is 72.9 Å². The van der Waals surface area contributed by atoms with E-state index in [0.717, 1.165) is 24.5 Å². The second-order valence-corrected chi connectivity index (χ2v) is 8.27. The average molecular weight is 445 g/mol. The van der Waals surface area contributed by atoms with Gasteiger partial charge in [-0.25, -0.2) is 4.98 Å². The fourth-order valence-electron chi connectivity index (χ4n) is 3.86. The lowest BCUT2D eigenvalue weighted by Gasteiger charge is -2.36. The summed E-state index contributed by atoms with van der Waals surface area (Å²) in [6.45, 7) is 6.14. The molecule has 2 N–H and O–H groups in total. The molecule has 1 saturated heterocycles. The molecule has 2 aromatic carbocycles. The van der Waals surface area contributed by atoms with E-state index in [4.69, 9.17) is 4.74 Å². The maximum absolute atomic E-state index is 12.5. The number of amides is 2. The number of nitrogens with zero attached hydrogens (tertiary/aromatic N) is 2. The Bertz CT molecular complexity index is 1070. The summed E-state index contributed by atoms with van der Waals surface area (Å²) in [4.78, 5) is 31.5. The van der Waals surface area contributed by atoms with Gasteiger partial charge in [0.2, 0.25) is 0 Å². The number of anilines is 2. The Balaban J connectivity index is 1.29. The predicted molar refractivity (Wildman–Crippen MR) is 128 cm³/mol. The van der Waals surface area contributed by atoms with Crippen molar-refractivity contribution in [3.05, 3.63) is 89.6 Å². The third-order valence-corrected chi connectivity index (χ3v) is 5.45. The summed E-state index contributed by atoms with van der Waals surface area (Å²) >= 11 is 0. The molecule has 2 amide bonds. The molecule has 4 rings (SSSR count). The fourth-order valence-corrected chi connectivity index (χ4v) is 3.86. The highest BCUT2D eigenvalue weighted by Crippen LogP contribution is 2.18. The molecule has 0 spiro atoms. The highest BCUT2D eigenvalue weighted by molar-refractivity contribution is 6.04. The summed E-state index contributed by atoms with van der Waals surface area (Å²) in [5, 5.41) is 5.74. The van der Waals surface area contributed by atoms with Crippen LogP contribution >= 0.6 is 0 Å². The van der Waals surface area contributed by atoms with Crippen molar-refractivity contribution in [2.45, 2.75) is 32.6 Å². The first kappa shape index (κ1) is 22.5. The molecule has 2 heterocycles. The van der Waals surface area contributed by atoms with Crippen LogP contribution in [-0.2, 0) is 11.3 Å². The first-order valence-electron chi connectivity index (χ1n) is 11.1. The fraction of sp³-hybridized carbons (Fsp3) is 0.269. The van der Waals surface area contributed by atoms with Crippen LogP contribution in [0.25, 0.3) is 0 Å². The van der Waals surface area contributed by atoms with Crippen LogP contribution in [0, 0.1) is 0 Å². The molecule has 2 unspecified atom stereocenters. The van der Waals surface area contributed by atoms with E-state index in [-0.39, 0.29) is 24.0 Å². The van der Waals surface area contributed by atoms with E-state index < -0.39 is 0 Å². The van der Waals surface area contributed by atoms with Crippen LogP contribution in [-0.4, -0.2) is 42.1 Å². The van der Waals surface area contributed by atoms with Gasteiger partial charge in [0.25, 0.3) is 11.8 Å². The molecule has 0 bridgehead atoms. The minimum atomic E-state index is -0.190. The molecule has 3 aromatic rings. The standard InChI is InChI=1S/C26H28N4O3/c1-18-16-30(17-19(2)33-18)24-13-8-20(14-27-24)15-28-25(31)22-9-11-23(12-10-22)29-26(32)21-6-4-3-5-7-21/h3-14,18-19H,15-17H2,1-2H3,(H,28,31)(H,29,32). The summed E-state index contributed by atoms with van der Waals surface area (Å²) in [6, 6.07) is 19.8. The number of hydrogen-bond donors (Lipinski definition) is 2. The molecule has 7 nitrogen and oxygen atoms in total. The van der Waals surface area contributed by atoms with Gasteiger partial charge in [-0.2, -0.15) is 0 Å². The number of carbonyl (C=O) groups is 2. The lowest BCUT2D eigenvalue weighted by atomic mass is 10.1. The van der Waals surface area contributed by atoms with Crippen molar-refractivity contribution in [1.29, 1.82) is 0 Å². The van der Waals surface area contributed by atoms with Crippen molar-refractivity contribution >= 4 is 23.3 Å². The number of aromatic nitrogens is 1. The lowest BCUT2D eigenvalue weighted by Crippen LogP contribution is -2.45. The summed E-state index contributed by atoms with van der Waals surface area (Å²) in [7, 11) is 0. The largest absolute Gasteiger partial charge is 0.372 e. The van der Waals surface area contributed by atoms with E-state index in [0.29, 0.717) is 23.4 Å². The number of benzene rings is 2. The number of ether oxygens (including phenoxy) is 1. The summed E-state index contributed by atoms with van der Waals surface area (Å²) in [5.74, 6) is 0.542. The molecule has 0 radical (unpaired) electrons. The molecule has 1 aliphatic rings. The zero-order chi connectivity index (χ0) is 23.2. The zero-order valence-corrected chi connectivity index (χ0v) is 18.8. The van der Waals surface area contributed by atoms with E-state index in [1.54, 1.807) is 42.6 Å². The smallest absolute Gasteiger partial charge is 0.255 e. The maximum Gasteiger partial charge on any atom is 0.255 e. The van der Waals surface area contributed by atoms with Crippen molar-refractivity contribution in [2.24, 2.45) is 0 Å². The minimum Gasteiger partial charge on any atom is -0.372 e. The molecular weight excluding hydrogens is 416 g/mol. The Morgan fingerprint density at radius 3 is 2.21 bits per heavy atom. The van der Waals surface area contributed by atoms with Crippen LogP contribution in [0.2, 0.25) is 0 Å². The molecule has 1 aliphatic heterocycles. The molecule has 0 saturated carbocycles.